The molecule has 37 heavy (non-hydrogen) atoms. The van der Waals surface area contributed by atoms with Crippen molar-refractivity contribution in [2.45, 2.75) is 32.2 Å². The second-order valence-corrected chi connectivity index (χ2v) is 20.1. The molecular weight excluding hydrogens is 579 g/mol. The third-order valence-electron chi connectivity index (χ3n) is 6.45. The molecule has 10 heteroatoms. The summed E-state index contributed by atoms with van der Waals surface area (Å²) < 4.78 is 80.0. The van der Waals surface area contributed by atoms with Gasteiger partial charge in [-0.1, -0.05) is 0 Å². The number of benzene rings is 3. The number of hydrogen-bond donors (Lipinski definition) is 1. The van der Waals surface area contributed by atoms with Crippen LogP contribution in [0.25, 0.3) is 0 Å². The van der Waals surface area contributed by atoms with Gasteiger partial charge in [0.05, 0.1) is 0 Å². The van der Waals surface area contributed by atoms with E-state index in [-0.39, 0.29) is 12.0 Å². The summed E-state index contributed by atoms with van der Waals surface area (Å²) in [4.78, 5) is 13.1. The van der Waals surface area contributed by atoms with Crippen molar-refractivity contribution in [3.8, 4) is 0 Å². The van der Waals surface area contributed by atoms with Crippen LogP contribution in [-0.4, -0.2) is 24.8 Å². The summed E-state index contributed by atoms with van der Waals surface area (Å²) in [5, 5.41) is 1.59. The van der Waals surface area contributed by atoms with Crippen molar-refractivity contribution >= 4 is 37.3 Å². The molecule has 0 aromatic heterocycles. The number of rotatable bonds is 7. The molecule has 1 atom stereocenters. The molecule has 3 aromatic rings. The maximum atomic E-state index is 13.3. The fourth-order valence-electron chi connectivity index (χ4n) is 4.22. The molecule has 200 valence electrons. The summed E-state index contributed by atoms with van der Waals surface area (Å²) in [6.07, 6.45) is -9.70. The third-order valence-corrected chi connectivity index (χ3v) is 14.3. The van der Waals surface area contributed by atoms with Crippen molar-refractivity contribution < 1.29 is 31.1 Å². The van der Waals surface area contributed by atoms with E-state index in [9.17, 15) is 31.1 Å². The number of nitrogens with one attached hydrogen (secondary N) is 1. The number of amides is 1. The maximum absolute atomic E-state index is 13.3. The van der Waals surface area contributed by atoms with Gasteiger partial charge in [0.25, 0.3) is 0 Å². The van der Waals surface area contributed by atoms with E-state index >= 15 is 0 Å². The summed E-state index contributed by atoms with van der Waals surface area (Å²) >= 11 is 4.08. The van der Waals surface area contributed by atoms with Crippen molar-refractivity contribution in [3.05, 3.63) is 95.6 Å². The minimum atomic E-state index is -5.04. The second-order valence-electron chi connectivity index (χ2n) is 9.62. The Morgan fingerprint density at radius 3 is 1.57 bits per heavy atom. The molecule has 0 unspecified atom stereocenters. The van der Waals surface area contributed by atoms with Gasteiger partial charge in [0.15, 0.2) is 0 Å². The third kappa shape index (κ3) is 6.55. The van der Waals surface area contributed by atoms with Crippen LogP contribution in [0.5, 0.6) is 0 Å². The molecule has 3 aromatic carbocycles. The molecule has 1 amide bonds. The Morgan fingerprint density at radius 1 is 0.811 bits per heavy atom. The van der Waals surface area contributed by atoms with Crippen LogP contribution in [0.15, 0.2) is 78.9 Å². The van der Waals surface area contributed by atoms with Gasteiger partial charge in [0.2, 0.25) is 0 Å². The van der Waals surface area contributed by atoms with Gasteiger partial charge in [-0.3, -0.25) is 0 Å². The number of alkyl halides is 6. The number of hydrogen-bond acceptors (Lipinski definition) is 1. The Kier molecular flexibility index (Phi) is 8.21. The fraction of sp³-hybridized carbons (Fsp3) is 0.296. The van der Waals surface area contributed by atoms with Crippen molar-refractivity contribution in [2.75, 3.05) is 12.8 Å². The van der Waals surface area contributed by atoms with Gasteiger partial charge in [-0.05, 0) is 0 Å². The van der Waals surface area contributed by atoms with Crippen LogP contribution in [0.4, 0.5) is 26.3 Å². The first-order valence-corrected chi connectivity index (χ1v) is 16.3. The molecular formula is C27H27BrF6NOP. The normalized spacial score (nSPS) is 14.6. The van der Waals surface area contributed by atoms with Gasteiger partial charge in [-0.25, -0.2) is 0 Å². The fourth-order valence-corrected chi connectivity index (χ4v) is 10.6. The number of carbonyl (C=O) groups excluding carboxylic acids is 1. The molecule has 0 radical (unpaired) electrons. The Hall–Kier alpha value is -2.38. The molecule has 0 spiro atoms. The molecule has 3 rings (SSSR count). The summed E-state index contributed by atoms with van der Waals surface area (Å²) in [5.41, 5.74) is -3.76. The van der Waals surface area contributed by atoms with E-state index in [4.69, 9.17) is 0 Å². The van der Waals surface area contributed by atoms with Gasteiger partial charge >= 0.3 is 220 Å². The van der Waals surface area contributed by atoms with Crippen molar-refractivity contribution in [3.63, 3.8) is 0 Å². The van der Waals surface area contributed by atoms with E-state index in [1.54, 1.807) is 0 Å². The summed E-state index contributed by atoms with van der Waals surface area (Å²) in [6, 6.07) is 19.6. The molecule has 0 saturated carbocycles. The van der Waals surface area contributed by atoms with Crippen LogP contribution < -0.4 is 15.9 Å². The summed E-state index contributed by atoms with van der Waals surface area (Å²) in [7, 11) is 0. The van der Waals surface area contributed by atoms with Gasteiger partial charge in [0, 0.05) is 0 Å². The Balaban J connectivity index is 2.05. The van der Waals surface area contributed by atoms with Gasteiger partial charge in [0.1, 0.15) is 0 Å². The molecule has 2 nitrogen and oxygen atoms in total. The van der Waals surface area contributed by atoms with E-state index in [0.717, 1.165) is 10.6 Å². The zero-order chi connectivity index (χ0) is 27.7. The molecule has 0 saturated heterocycles. The second kappa shape index (κ2) is 10.4. The topological polar surface area (TPSA) is 29.1 Å². The van der Waals surface area contributed by atoms with E-state index < -0.39 is 46.3 Å². The first-order valence-electron chi connectivity index (χ1n) is 11.5. The standard InChI is InChI=1S/C27H27BrF6NOP/c1-18(2)24(17-37(3,28,22-10-6-4-7-11-22)23-12-8-5-9-13-23)35-25(36)19-14-20(26(29,30)31)16-21(15-19)27(32,33)34/h4-16,18,24H,17H2,1-3H3,(H,35,36)/t24-/m1/s1. The zero-order valence-electron chi connectivity index (χ0n) is 20.4. The van der Waals surface area contributed by atoms with Crippen molar-refractivity contribution in [1.82, 2.24) is 5.32 Å². The average molecular weight is 606 g/mol. The van der Waals surface area contributed by atoms with E-state index in [0.29, 0.717) is 18.3 Å². The quantitative estimate of drug-likeness (QED) is 0.218. The van der Waals surface area contributed by atoms with E-state index in [1.165, 1.54) is 0 Å². The molecule has 0 heterocycles. The molecule has 0 bridgehead atoms. The van der Waals surface area contributed by atoms with E-state index in [1.807, 2.05) is 74.5 Å². The zero-order valence-corrected chi connectivity index (χ0v) is 22.8. The van der Waals surface area contributed by atoms with Gasteiger partial charge in [-0.15, -0.1) is 0 Å². The SMILES string of the molecule is CC(C)[C@@H](CP(C)(Br)(c1ccccc1)c1ccccc1)NC(=O)c1cc(C(F)(F)F)cc(C(F)(F)F)c1. The average Bonchev–Trinajstić information content (AvgIpc) is 2.83. The van der Waals surface area contributed by atoms with Crippen molar-refractivity contribution in [2.24, 2.45) is 5.92 Å². The van der Waals surface area contributed by atoms with Crippen molar-refractivity contribution in [1.29, 1.82) is 0 Å². The number of halogens is 7. The van der Waals surface area contributed by atoms with Gasteiger partial charge in [-0.2, -0.15) is 0 Å². The molecule has 0 aliphatic carbocycles. The van der Waals surface area contributed by atoms with Crippen LogP contribution >= 0.6 is 20.8 Å². The summed E-state index contributed by atoms with van der Waals surface area (Å²) in [5.74, 6) is -1.18. The monoisotopic (exact) mass is 605 g/mol. The van der Waals surface area contributed by atoms with Crippen LogP contribution in [0.2, 0.25) is 0 Å². The first-order chi connectivity index (χ1) is 17.0. The van der Waals surface area contributed by atoms with Crippen LogP contribution in [0.3, 0.4) is 0 Å². The molecule has 0 aliphatic heterocycles. The Labute approximate surface area is 220 Å². The molecule has 0 aliphatic rings. The predicted molar refractivity (Wildman–Crippen MR) is 141 cm³/mol. The Bertz CT molecular complexity index is 1170. The van der Waals surface area contributed by atoms with Crippen LogP contribution in [0.1, 0.15) is 35.3 Å². The Morgan fingerprint density at radius 2 is 1.22 bits per heavy atom. The minimum absolute atomic E-state index is 0.0125. The molecule has 0 fully saturated rings. The van der Waals surface area contributed by atoms with Crippen LogP contribution in [0, 0.1) is 5.92 Å². The molecule has 1 N–H and O–H groups in total. The van der Waals surface area contributed by atoms with Gasteiger partial charge < -0.3 is 0 Å². The number of carbonyl (C=O) groups is 1. The van der Waals surface area contributed by atoms with Crippen LogP contribution in [-0.2, 0) is 12.4 Å². The predicted octanol–water partition coefficient (Wildman–Crippen LogP) is 7.62. The first kappa shape index (κ1) is 29.2. The summed E-state index contributed by atoms with van der Waals surface area (Å²) in [6.45, 7) is 5.76. The van der Waals surface area contributed by atoms with E-state index in [2.05, 4.69) is 27.5 Å².